The van der Waals surface area contributed by atoms with Gasteiger partial charge in [0.2, 0.25) is 0 Å². The molecule has 170 valence electrons. The Bertz CT molecular complexity index is 1550. The Morgan fingerprint density at radius 3 is 2.47 bits per heavy atom. The van der Waals surface area contributed by atoms with Crippen LogP contribution in [0.25, 0.3) is 11.8 Å². The van der Waals surface area contributed by atoms with E-state index in [9.17, 15) is 4.79 Å². The van der Waals surface area contributed by atoms with E-state index in [4.69, 9.17) is 14.5 Å². The van der Waals surface area contributed by atoms with Crippen molar-refractivity contribution in [1.82, 2.24) is 4.57 Å². The van der Waals surface area contributed by atoms with Gasteiger partial charge < -0.3 is 9.47 Å². The second-order valence-electron chi connectivity index (χ2n) is 7.70. The highest BCUT2D eigenvalue weighted by molar-refractivity contribution is 9.10. The van der Waals surface area contributed by atoms with Gasteiger partial charge in [-0.3, -0.25) is 9.36 Å². The second kappa shape index (κ2) is 9.44. The van der Waals surface area contributed by atoms with Crippen molar-refractivity contribution in [1.29, 1.82) is 0 Å². The molecule has 0 N–H and O–H groups in total. The summed E-state index contributed by atoms with van der Waals surface area (Å²) in [4.78, 5) is 19.1. The van der Waals surface area contributed by atoms with E-state index >= 15 is 0 Å². The number of halogens is 1. The van der Waals surface area contributed by atoms with Crippen molar-refractivity contribution >= 4 is 39.0 Å². The summed E-state index contributed by atoms with van der Waals surface area (Å²) >= 11 is 4.88. The van der Waals surface area contributed by atoms with E-state index in [0.29, 0.717) is 20.8 Å². The molecule has 1 atom stereocenters. The maximum atomic E-state index is 13.6. The maximum absolute atomic E-state index is 13.6. The predicted octanol–water partition coefficient (Wildman–Crippen LogP) is 4.78. The number of fused-ring (bicyclic) bond motifs is 1. The summed E-state index contributed by atoms with van der Waals surface area (Å²) in [6, 6.07) is 23.3. The van der Waals surface area contributed by atoms with Crippen LogP contribution in [0.15, 0.2) is 93.1 Å². The summed E-state index contributed by atoms with van der Waals surface area (Å²) in [6.07, 6.45) is 3.91. The minimum Gasteiger partial charge on any atom is -0.497 e. The molecule has 0 saturated heterocycles. The molecular weight excluding hydrogens is 512 g/mol. The molecular formula is C27H21BrN2O3S. The van der Waals surface area contributed by atoms with Crippen molar-refractivity contribution < 1.29 is 9.47 Å². The number of nitrogens with zero attached hydrogens (tertiary/aromatic N) is 2. The van der Waals surface area contributed by atoms with Gasteiger partial charge in [0.25, 0.3) is 5.56 Å². The van der Waals surface area contributed by atoms with Gasteiger partial charge in [-0.15, -0.1) is 0 Å². The lowest BCUT2D eigenvalue weighted by atomic mass is 10.0. The topological polar surface area (TPSA) is 52.8 Å². The summed E-state index contributed by atoms with van der Waals surface area (Å²) < 4.78 is 14.2. The van der Waals surface area contributed by atoms with Crippen molar-refractivity contribution in [2.24, 2.45) is 4.99 Å². The van der Waals surface area contributed by atoms with Crippen molar-refractivity contribution in [2.45, 2.75) is 6.04 Å². The first-order valence-corrected chi connectivity index (χ1v) is 12.2. The smallest absolute Gasteiger partial charge is 0.271 e. The molecule has 7 heteroatoms. The second-order valence-corrected chi connectivity index (χ2v) is 9.63. The number of rotatable bonds is 5. The van der Waals surface area contributed by atoms with Crippen LogP contribution in [0, 0.1) is 0 Å². The van der Waals surface area contributed by atoms with Gasteiger partial charge in [0.05, 0.1) is 30.5 Å². The summed E-state index contributed by atoms with van der Waals surface area (Å²) in [6.45, 7) is 0. The zero-order valence-corrected chi connectivity index (χ0v) is 21.0. The van der Waals surface area contributed by atoms with Crippen LogP contribution >= 0.6 is 27.3 Å². The average molecular weight is 533 g/mol. The Morgan fingerprint density at radius 1 is 1.00 bits per heavy atom. The summed E-state index contributed by atoms with van der Waals surface area (Å²) in [5.74, 6) is 1.33. The third-order valence-electron chi connectivity index (χ3n) is 5.66. The molecule has 1 unspecified atom stereocenters. The molecule has 0 radical (unpaired) electrons. The molecule has 1 aliphatic rings. The van der Waals surface area contributed by atoms with Crippen molar-refractivity contribution in [2.75, 3.05) is 14.2 Å². The highest BCUT2D eigenvalue weighted by atomic mass is 79.9. The van der Waals surface area contributed by atoms with E-state index in [1.165, 1.54) is 11.3 Å². The lowest BCUT2D eigenvalue weighted by Gasteiger charge is -2.19. The van der Waals surface area contributed by atoms with Gasteiger partial charge in [-0.25, -0.2) is 4.99 Å². The zero-order valence-electron chi connectivity index (χ0n) is 18.6. The molecule has 4 aromatic rings. The quantitative estimate of drug-likeness (QED) is 0.371. The van der Waals surface area contributed by atoms with E-state index in [1.807, 2.05) is 72.8 Å². The molecule has 1 aliphatic heterocycles. The Hall–Kier alpha value is -3.42. The van der Waals surface area contributed by atoms with Crippen LogP contribution in [0.1, 0.15) is 22.7 Å². The van der Waals surface area contributed by atoms with E-state index < -0.39 is 0 Å². The zero-order chi connectivity index (χ0) is 23.7. The first-order chi connectivity index (χ1) is 16.6. The van der Waals surface area contributed by atoms with Gasteiger partial charge in [0.15, 0.2) is 4.80 Å². The molecule has 0 fully saturated rings. The number of thiazole rings is 1. The monoisotopic (exact) mass is 532 g/mol. The van der Waals surface area contributed by atoms with E-state index in [0.717, 1.165) is 26.9 Å². The van der Waals surface area contributed by atoms with Crippen LogP contribution in [0.3, 0.4) is 0 Å². The van der Waals surface area contributed by atoms with Gasteiger partial charge in [-0.2, -0.15) is 0 Å². The SMILES string of the molecule is COc1ccc(C=c2sc3n(c2=O)C(c2ccc(Br)cc2)C=C(c2ccccc2)N=3)c(OC)c1. The minimum absolute atomic E-state index is 0.0853. The normalized spacial score (nSPS) is 15.3. The van der Waals surface area contributed by atoms with Crippen LogP contribution in [-0.4, -0.2) is 18.8 Å². The Morgan fingerprint density at radius 2 is 1.76 bits per heavy atom. The van der Waals surface area contributed by atoms with Gasteiger partial charge in [0, 0.05) is 16.1 Å². The van der Waals surface area contributed by atoms with Gasteiger partial charge in [0.1, 0.15) is 11.5 Å². The number of ether oxygens (including phenoxy) is 2. The number of hydrogen-bond donors (Lipinski definition) is 0. The number of hydrogen-bond acceptors (Lipinski definition) is 5. The first-order valence-electron chi connectivity index (χ1n) is 10.6. The predicted molar refractivity (Wildman–Crippen MR) is 139 cm³/mol. The van der Waals surface area contributed by atoms with E-state index in [1.54, 1.807) is 24.9 Å². The molecule has 0 spiro atoms. The van der Waals surface area contributed by atoms with Crippen molar-refractivity contribution in [3.8, 4) is 11.5 Å². The third kappa shape index (κ3) is 4.24. The van der Waals surface area contributed by atoms with Crippen molar-refractivity contribution in [3.63, 3.8) is 0 Å². The summed E-state index contributed by atoms with van der Waals surface area (Å²) in [7, 11) is 3.21. The number of allylic oxidation sites excluding steroid dienone is 1. The summed E-state index contributed by atoms with van der Waals surface area (Å²) in [5.41, 5.74) is 3.60. The highest BCUT2D eigenvalue weighted by Gasteiger charge is 2.22. The third-order valence-corrected chi connectivity index (χ3v) is 7.17. The first kappa shape index (κ1) is 22.4. The fourth-order valence-electron chi connectivity index (χ4n) is 3.93. The molecule has 5 rings (SSSR count). The van der Waals surface area contributed by atoms with E-state index in [2.05, 4.69) is 22.0 Å². The fraction of sp³-hybridized carbons (Fsp3) is 0.111. The maximum Gasteiger partial charge on any atom is 0.271 e. The van der Waals surface area contributed by atoms with Crippen LogP contribution in [0.2, 0.25) is 0 Å². The molecule has 5 nitrogen and oxygen atoms in total. The minimum atomic E-state index is -0.264. The van der Waals surface area contributed by atoms with Gasteiger partial charge >= 0.3 is 0 Å². The highest BCUT2D eigenvalue weighted by Crippen LogP contribution is 2.28. The van der Waals surface area contributed by atoms with Gasteiger partial charge in [-0.1, -0.05) is 69.7 Å². The van der Waals surface area contributed by atoms with Crippen molar-refractivity contribution in [3.05, 3.63) is 120 Å². The standard InChI is InChI=1S/C27H21BrN2O3S/c1-32-21-13-10-19(24(15-21)33-2)14-25-26(31)30-23(18-8-11-20(28)12-9-18)16-22(29-27(30)34-25)17-6-4-3-5-7-17/h3-16,23H,1-2H3. The molecule has 0 bridgehead atoms. The molecule has 1 aromatic heterocycles. The van der Waals surface area contributed by atoms with Gasteiger partial charge in [-0.05, 0) is 47.5 Å². The fourth-order valence-corrected chi connectivity index (χ4v) is 5.20. The molecule has 0 aliphatic carbocycles. The Balaban J connectivity index is 1.71. The van der Waals surface area contributed by atoms with E-state index in [-0.39, 0.29) is 11.6 Å². The Kier molecular flexibility index (Phi) is 6.22. The Labute approximate surface area is 209 Å². The molecule has 2 heterocycles. The molecule has 0 saturated carbocycles. The number of aromatic nitrogens is 1. The lowest BCUT2D eigenvalue weighted by molar-refractivity contribution is 0.393. The average Bonchev–Trinajstić information content (AvgIpc) is 3.19. The number of benzene rings is 3. The number of methoxy groups -OCH3 is 2. The summed E-state index contributed by atoms with van der Waals surface area (Å²) in [5, 5.41) is 0. The molecule has 34 heavy (non-hydrogen) atoms. The lowest BCUT2D eigenvalue weighted by Crippen LogP contribution is -2.36. The van der Waals surface area contributed by atoms with Crippen LogP contribution in [-0.2, 0) is 0 Å². The van der Waals surface area contributed by atoms with Crippen LogP contribution < -0.4 is 24.4 Å². The van der Waals surface area contributed by atoms with Crippen LogP contribution in [0.4, 0.5) is 0 Å². The largest absolute Gasteiger partial charge is 0.497 e. The van der Waals surface area contributed by atoms with Crippen LogP contribution in [0.5, 0.6) is 11.5 Å². The molecule has 0 amide bonds. The molecule has 3 aromatic carbocycles.